The highest BCUT2D eigenvalue weighted by Crippen LogP contribution is 2.18. The average molecular weight is 323 g/mol. The van der Waals surface area contributed by atoms with E-state index in [0.717, 1.165) is 10.9 Å². The van der Waals surface area contributed by atoms with Crippen LogP contribution in [0.2, 0.25) is 0 Å². The van der Waals surface area contributed by atoms with Crippen LogP contribution >= 0.6 is 0 Å². The zero-order valence-corrected chi connectivity index (χ0v) is 13.2. The molecule has 0 bridgehead atoms. The van der Waals surface area contributed by atoms with Gasteiger partial charge in [0.25, 0.3) is 11.5 Å². The number of H-pyrrole nitrogens is 1. The van der Waals surface area contributed by atoms with Crippen molar-refractivity contribution in [3.63, 3.8) is 0 Å². The number of carbonyl (C=O) groups is 1. The molecule has 122 valence electrons. The molecule has 0 spiro atoms. The first-order chi connectivity index (χ1) is 11.7. The molecule has 6 heteroatoms. The molecule has 0 aliphatic rings. The van der Waals surface area contributed by atoms with Crippen LogP contribution in [0.15, 0.2) is 53.6 Å². The molecule has 24 heavy (non-hydrogen) atoms. The molecule has 0 fully saturated rings. The van der Waals surface area contributed by atoms with Gasteiger partial charge in [0.05, 0.1) is 18.2 Å². The number of rotatable bonds is 5. The number of nitrogens with one attached hydrogen (secondary N) is 2. The molecule has 2 aromatic heterocycles. The van der Waals surface area contributed by atoms with Crippen LogP contribution in [-0.4, -0.2) is 29.5 Å². The average Bonchev–Trinajstić information content (AvgIpc) is 2.62. The van der Waals surface area contributed by atoms with Crippen molar-refractivity contribution in [2.75, 3.05) is 13.7 Å². The molecule has 0 atom stereocenters. The largest absolute Gasteiger partial charge is 0.497 e. The quantitative estimate of drug-likeness (QED) is 0.751. The fraction of sp³-hybridized carbons (Fsp3) is 0.167. The second-order valence-electron chi connectivity index (χ2n) is 5.32. The molecule has 0 unspecified atom stereocenters. The number of fused-ring (bicyclic) bond motifs is 1. The standard InChI is InChI=1S/C18H17N3O3/c1-24-15-5-4-12-9-13(18(23)21-16(12)10-15)6-8-20-17(22)14-3-2-7-19-11-14/h2-5,7,9-11H,6,8H2,1H3,(H,20,22)(H,21,23). The first-order valence-corrected chi connectivity index (χ1v) is 7.55. The third-order valence-corrected chi connectivity index (χ3v) is 3.73. The minimum Gasteiger partial charge on any atom is -0.497 e. The Morgan fingerprint density at radius 1 is 1.29 bits per heavy atom. The van der Waals surface area contributed by atoms with Gasteiger partial charge in [0.15, 0.2) is 0 Å². The lowest BCUT2D eigenvalue weighted by molar-refractivity contribution is 0.0953. The van der Waals surface area contributed by atoms with Gasteiger partial charge in [-0.15, -0.1) is 0 Å². The number of hydrogen-bond acceptors (Lipinski definition) is 4. The maximum atomic E-state index is 12.2. The number of pyridine rings is 2. The maximum absolute atomic E-state index is 12.2. The fourth-order valence-electron chi connectivity index (χ4n) is 2.45. The van der Waals surface area contributed by atoms with Crippen LogP contribution in [0, 0.1) is 0 Å². The zero-order chi connectivity index (χ0) is 16.9. The predicted molar refractivity (Wildman–Crippen MR) is 91.4 cm³/mol. The van der Waals surface area contributed by atoms with Gasteiger partial charge in [-0.3, -0.25) is 14.6 Å². The number of nitrogens with zero attached hydrogens (tertiary/aromatic N) is 1. The van der Waals surface area contributed by atoms with Crippen molar-refractivity contribution in [2.24, 2.45) is 0 Å². The van der Waals surface area contributed by atoms with Gasteiger partial charge in [-0.25, -0.2) is 0 Å². The van der Waals surface area contributed by atoms with E-state index in [4.69, 9.17) is 4.74 Å². The molecule has 2 N–H and O–H groups in total. The second kappa shape index (κ2) is 6.95. The molecule has 6 nitrogen and oxygen atoms in total. The Hall–Kier alpha value is -3.15. The summed E-state index contributed by atoms with van der Waals surface area (Å²) < 4.78 is 5.15. The molecule has 1 aromatic carbocycles. The minimum atomic E-state index is -0.204. The number of aromatic nitrogens is 2. The normalized spacial score (nSPS) is 10.5. The first kappa shape index (κ1) is 15.7. The summed E-state index contributed by atoms with van der Waals surface area (Å²) in [6.45, 7) is 0.373. The van der Waals surface area contributed by atoms with Crippen LogP contribution in [0.1, 0.15) is 15.9 Å². The number of aromatic amines is 1. The number of ether oxygens (including phenoxy) is 1. The third kappa shape index (κ3) is 3.43. The Morgan fingerprint density at radius 3 is 2.92 bits per heavy atom. The summed E-state index contributed by atoms with van der Waals surface area (Å²) >= 11 is 0. The number of hydrogen-bond donors (Lipinski definition) is 2. The van der Waals surface area contributed by atoms with E-state index in [0.29, 0.717) is 29.8 Å². The molecule has 0 radical (unpaired) electrons. The first-order valence-electron chi connectivity index (χ1n) is 7.55. The van der Waals surface area contributed by atoms with Gasteiger partial charge < -0.3 is 15.0 Å². The van der Waals surface area contributed by atoms with E-state index in [1.807, 2.05) is 18.2 Å². The van der Waals surface area contributed by atoms with E-state index in [1.165, 1.54) is 6.20 Å². The monoisotopic (exact) mass is 323 g/mol. The smallest absolute Gasteiger partial charge is 0.252 e. The third-order valence-electron chi connectivity index (χ3n) is 3.73. The Bertz CT molecular complexity index is 920. The van der Waals surface area contributed by atoms with Crippen molar-refractivity contribution < 1.29 is 9.53 Å². The van der Waals surface area contributed by atoms with Crippen molar-refractivity contribution in [3.05, 3.63) is 70.3 Å². The van der Waals surface area contributed by atoms with Crippen molar-refractivity contribution >= 4 is 16.8 Å². The van der Waals surface area contributed by atoms with Crippen LogP contribution in [0.3, 0.4) is 0 Å². The van der Waals surface area contributed by atoms with Crippen molar-refractivity contribution in [1.29, 1.82) is 0 Å². The highest BCUT2D eigenvalue weighted by Gasteiger charge is 2.07. The van der Waals surface area contributed by atoms with Gasteiger partial charge >= 0.3 is 0 Å². The second-order valence-corrected chi connectivity index (χ2v) is 5.32. The van der Waals surface area contributed by atoms with Crippen LogP contribution in [0.4, 0.5) is 0 Å². The molecule has 0 saturated heterocycles. The lowest BCUT2D eigenvalue weighted by atomic mass is 10.1. The van der Waals surface area contributed by atoms with Crippen molar-refractivity contribution in [2.45, 2.75) is 6.42 Å². The van der Waals surface area contributed by atoms with Crippen LogP contribution in [0.5, 0.6) is 5.75 Å². The molecule has 2 heterocycles. The highest BCUT2D eigenvalue weighted by atomic mass is 16.5. The van der Waals surface area contributed by atoms with E-state index in [2.05, 4.69) is 15.3 Å². The summed E-state index contributed by atoms with van der Waals surface area (Å²) in [4.78, 5) is 30.9. The molecule has 0 aliphatic carbocycles. The van der Waals surface area contributed by atoms with Gasteiger partial charge in [0.2, 0.25) is 0 Å². The number of methoxy groups -OCH3 is 1. The van der Waals surface area contributed by atoms with E-state index < -0.39 is 0 Å². The van der Waals surface area contributed by atoms with Gasteiger partial charge in [-0.1, -0.05) is 0 Å². The Labute approximate surface area is 138 Å². The van der Waals surface area contributed by atoms with Crippen LogP contribution in [-0.2, 0) is 6.42 Å². The van der Waals surface area contributed by atoms with Gasteiger partial charge in [0.1, 0.15) is 5.75 Å². The number of carbonyl (C=O) groups excluding carboxylic acids is 1. The Kier molecular flexibility index (Phi) is 4.56. The molecule has 3 rings (SSSR count). The molecular weight excluding hydrogens is 306 g/mol. The van der Waals surface area contributed by atoms with Crippen molar-refractivity contribution in [1.82, 2.24) is 15.3 Å². The summed E-state index contributed by atoms with van der Waals surface area (Å²) in [5, 5.41) is 3.71. The number of amides is 1. The van der Waals surface area contributed by atoms with Gasteiger partial charge in [-0.2, -0.15) is 0 Å². The lowest BCUT2D eigenvalue weighted by Crippen LogP contribution is -2.27. The van der Waals surface area contributed by atoms with E-state index in [1.54, 1.807) is 31.5 Å². The SMILES string of the molecule is COc1ccc2cc(CCNC(=O)c3cccnc3)c(=O)[nH]c2c1. The van der Waals surface area contributed by atoms with Gasteiger partial charge in [0, 0.05) is 30.6 Å². The minimum absolute atomic E-state index is 0.161. The molecule has 0 aliphatic heterocycles. The van der Waals surface area contributed by atoms with E-state index >= 15 is 0 Å². The molecule has 1 amide bonds. The highest BCUT2D eigenvalue weighted by molar-refractivity contribution is 5.93. The van der Waals surface area contributed by atoms with Crippen LogP contribution in [0.25, 0.3) is 10.9 Å². The summed E-state index contributed by atoms with van der Waals surface area (Å²) in [5.41, 5.74) is 1.69. The summed E-state index contributed by atoms with van der Waals surface area (Å²) in [7, 11) is 1.58. The lowest BCUT2D eigenvalue weighted by Gasteiger charge is -2.07. The van der Waals surface area contributed by atoms with E-state index in [9.17, 15) is 9.59 Å². The van der Waals surface area contributed by atoms with Crippen LogP contribution < -0.4 is 15.6 Å². The Balaban J connectivity index is 1.70. The Morgan fingerprint density at radius 2 is 2.17 bits per heavy atom. The molecular formula is C18H17N3O3. The topological polar surface area (TPSA) is 84.1 Å². The number of benzene rings is 1. The zero-order valence-electron chi connectivity index (χ0n) is 13.2. The van der Waals surface area contributed by atoms with Gasteiger partial charge in [-0.05, 0) is 42.1 Å². The molecule has 3 aromatic rings. The fourth-order valence-corrected chi connectivity index (χ4v) is 2.45. The van der Waals surface area contributed by atoms with Crippen molar-refractivity contribution in [3.8, 4) is 5.75 Å². The predicted octanol–water partition coefficient (Wildman–Crippen LogP) is 1.90. The summed E-state index contributed by atoms with van der Waals surface area (Å²) in [5.74, 6) is 0.486. The van der Waals surface area contributed by atoms with E-state index in [-0.39, 0.29) is 11.5 Å². The summed E-state index contributed by atoms with van der Waals surface area (Å²) in [6, 6.07) is 10.8. The molecule has 0 saturated carbocycles. The summed E-state index contributed by atoms with van der Waals surface area (Å²) in [6.07, 6.45) is 3.56. The maximum Gasteiger partial charge on any atom is 0.252 e.